The van der Waals surface area contributed by atoms with Crippen LogP contribution in [0.15, 0.2) is 24.4 Å². The molecule has 1 atom stereocenters. The van der Waals surface area contributed by atoms with Crippen LogP contribution in [-0.2, 0) is 4.74 Å². The quantitative estimate of drug-likeness (QED) is 0.806. The number of esters is 1. The molecule has 0 saturated heterocycles. The first-order valence-corrected chi connectivity index (χ1v) is 5.99. The summed E-state index contributed by atoms with van der Waals surface area (Å²) in [4.78, 5) is 15.9. The molecule has 7 nitrogen and oxygen atoms in total. The number of ether oxygens (including phenoxy) is 1. The Hall–Kier alpha value is -2.44. The number of fused-ring (bicyclic) bond motifs is 1. The van der Waals surface area contributed by atoms with Crippen molar-refractivity contribution < 1.29 is 9.53 Å². The lowest BCUT2D eigenvalue weighted by Crippen LogP contribution is -2.26. The topological polar surface area (TPSA) is 81.9 Å². The fourth-order valence-electron chi connectivity index (χ4n) is 2.21. The maximum Gasteiger partial charge on any atom is 0.362 e. The van der Waals surface area contributed by atoms with Crippen molar-refractivity contribution in [1.29, 1.82) is 0 Å². The van der Waals surface area contributed by atoms with Gasteiger partial charge in [0.15, 0.2) is 5.82 Å². The molecule has 1 N–H and O–H groups in total. The van der Waals surface area contributed by atoms with E-state index >= 15 is 0 Å². The van der Waals surface area contributed by atoms with E-state index in [0.29, 0.717) is 5.82 Å². The second-order valence-corrected chi connectivity index (χ2v) is 4.21. The summed E-state index contributed by atoms with van der Waals surface area (Å²) in [7, 11) is 1.33. The monoisotopic (exact) mass is 259 g/mol. The van der Waals surface area contributed by atoms with Crippen molar-refractivity contribution in [2.45, 2.75) is 12.5 Å². The van der Waals surface area contributed by atoms with Crippen molar-refractivity contribution in [3.63, 3.8) is 0 Å². The predicted octanol–water partition coefficient (Wildman–Crippen LogP) is 0.865. The smallest absolute Gasteiger partial charge is 0.362 e. The summed E-state index contributed by atoms with van der Waals surface area (Å²) in [5, 5.41) is 11.1. The molecule has 2 aromatic heterocycles. The molecule has 0 aliphatic carbocycles. The second-order valence-electron chi connectivity index (χ2n) is 4.21. The van der Waals surface area contributed by atoms with Crippen LogP contribution in [0.2, 0.25) is 0 Å². The maximum atomic E-state index is 11.6. The Labute approximate surface area is 109 Å². The predicted molar refractivity (Wildman–Crippen MR) is 66.8 cm³/mol. The highest BCUT2D eigenvalue weighted by molar-refractivity contribution is 5.92. The molecular formula is C12H13N5O2. The van der Waals surface area contributed by atoms with E-state index in [0.717, 1.165) is 18.7 Å². The van der Waals surface area contributed by atoms with Gasteiger partial charge in [-0.1, -0.05) is 11.3 Å². The van der Waals surface area contributed by atoms with Crippen molar-refractivity contribution in [2.24, 2.45) is 0 Å². The molecule has 19 heavy (non-hydrogen) atoms. The van der Waals surface area contributed by atoms with E-state index in [1.165, 1.54) is 7.11 Å². The average molecular weight is 259 g/mol. The summed E-state index contributed by atoms with van der Waals surface area (Å²) in [5.41, 5.74) is 1.12. The molecule has 0 radical (unpaired) electrons. The van der Waals surface area contributed by atoms with E-state index in [2.05, 4.69) is 20.6 Å². The first-order valence-electron chi connectivity index (χ1n) is 5.99. The molecule has 2 aromatic rings. The molecule has 7 heteroatoms. The van der Waals surface area contributed by atoms with Crippen molar-refractivity contribution in [2.75, 3.05) is 19.0 Å². The summed E-state index contributed by atoms with van der Waals surface area (Å²) in [5.74, 6) is 0.101. The van der Waals surface area contributed by atoms with Gasteiger partial charge in [-0.15, -0.1) is 5.10 Å². The van der Waals surface area contributed by atoms with Gasteiger partial charge in [0.2, 0.25) is 5.69 Å². The largest absolute Gasteiger partial charge is 0.464 e. The third-order valence-corrected chi connectivity index (χ3v) is 3.11. The second kappa shape index (κ2) is 4.68. The summed E-state index contributed by atoms with van der Waals surface area (Å²) in [6.07, 6.45) is 2.59. The molecule has 3 rings (SSSR count). The molecule has 3 heterocycles. The molecule has 0 fully saturated rings. The van der Waals surface area contributed by atoms with Crippen molar-refractivity contribution in [3.8, 4) is 0 Å². The van der Waals surface area contributed by atoms with E-state index in [4.69, 9.17) is 4.74 Å². The minimum Gasteiger partial charge on any atom is -0.464 e. The van der Waals surface area contributed by atoms with Gasteiger partial charge in [-0.25, -0.2) is 9.48 Å². The number of carbonyl (C=O) groups is 1. The Bertz CT molecular complexity index is 595. The molecule has 0 spiro atoms. The molecule has 1 unspecified atom stereocenters. The van der Waals surface area contributed by atoms with Crippen LogP contribution < -0.4 is 5.32 Å². The number of hydrogen-bond donors (Lipinski definition) is 1. The van der Waals surface area contributed by atoms with Crippen LogP contribution in [0.3, 0.4) is 0 Å². The molecule has 1 aliphatic rings. The van der Waals surface area contributed by atoms with Crippen LogP contribution in [0.1, 0.15) is 28.6 Å². The fraction of sp³-hybridized carbons (Fsp3) is 0.333. The number of hydrogen-bond acceptors (Lipinski definition) is 6. The van der Waals surface area contributed by atoms with Gasteiger partial charge in [0.1, 0.15) is 0 Å². The summed E-state index contributed by atoms with van der Waals surface area (Å²) < 4.78 is 6.38. The number of aromatic nitrogens is 4. The number of rotatable bonds is 2. The molecule has 0 bridgehead atoms. The molecule has 0 amide bonds. The molecular weight excluding hydrogens is 246 g/mol. The lowest BCUT2D eigenvalue weighted by atomic mass is 10.1. The standard InChI is InChI=1S/C12H13N5O2/c1-19-12(18)10-11-14-7-5-9(17(11)16-15-10)8-4-2-3-6-13-8/h2-4,6,9,14H,5,7H2,1H3. The van der Waals surface area contributed by atoms with Gasteiger partial charge in [0, 0.05) is 12.7 Å². The van der Waals surface area contributed by atoms with E-state index < -0.39 is 5.97 Å². The van der Waals surface area contributed by atoms with Gasteiger partial charge < -0.3 is 10.1 Å². The number of pyridine rings is 1. The highest BCUT2D eigenvalue weighted by Crippen LogP contribution is 2.29. The lowest BCUT2D eigenvalue weighted by molar-refractivity contribution is 0.0595. The maximum absolute atomic E-state index is 11.6. The summed E-state index contributed by atoms with van der Waals surface area (Å²) in [6, 6.07) is 5.73. The number of anilines is 1. The normalized spacial score (nSPS) is 17.4. The minimum atomic E-state index is -0.490. The third-order valence-electron chi connectivity index (χ3n) is 3.11. The Morgan fingerprint density at radius 3 is 3.16 bits per heavy atom. The molecule has 0 saturated carbocycles. The third kappa shape index (κ3) is 1.92. The van der Waals surface area contributed by atoms with Crippen LogP contribution in [0.25, 0.3) is 0 Å². The Balaban J connectivity index is 2.02. The zero-order valence-electron chi connectivity index (χ0n) is 10.4. The van der Waals surface area contributed by atoms with E-state index in [1.807, 2.05) is 18.2 Å². The van der Waals surface area contributed by atoms with Gasteiger partial charge in [0.25, 0.3) is 0 Å². The summed E-state index contributed by atoms with van der Waals surface area (Å²) in [6.45, 7) is 0.735. The Kier molecular flexibility index (Phi) is 2.86. The van der Waals surface area contributed by atoms with Crippen LogP contribution in [-0.4, -0.2) is 39.6 Å². The first-order chi connectivity index (χ1) is 9.31. The highest BCUT2D eigenvalue weighted by atomic mass is 16.5. The lowest BCUT2D eigenvalue weighted by Gasteiger charge is -2.24. The van der Waals surface area contributed by atoms with Crippen LogP contribution >= 0.6 is 0 Å². The number of methoxy groups -OCH3 is 1. The minimum absolute atomic E-state index is 0.0108. The number of nitrogens with zero attached hydrogens (tertiary/aromatic N) is 4. The van der Waals surface area contributed by atoms with Gasteiger partial charge >= 0.3 is 5.97 Å². The van der Waals surface area contributed by atoms with Crippen LogP contribution in [0.4, 0.5) is 5.82 Å². The van der Waals surface area contributed by atoms with Gasteiger partial charge in [-0.05, 0) is 18.6 Å². The number of nitrogens with one attached hydrogen (secondary N) is 1. The summed E-state index contributed by atoms with van der Waals surface area (Å²) >= 11 is 0. The van der Waals surface area contributed by atoms with Crippen molar-refractivity contribution in [1.82, 2.24) is 20.0 Å². The van der Waals surface area contributed by atoms with Gasteiger partial charge in [-0.2, -0.15) is 0 Å². The zero-order chi connectivity index (χ0) is 13.2. The molecule has 0 aromatic carbocycles. The van der Waals surface area contributed by atoms with Crippen molar-refractivity contribution >= 4 is 11.8 Å². The fourth-order valence-corrected chi connectivity index (χ4v) is 2.21. The van der Waals surface area contributed by atoms with Crippen LogP contribution in [0.5, 0.6) is 0 Å². The highest BCUT2D eigenvalue weighted by Gasteiger charge is 2.29. The Morgan fingerprint density at radius 2 is 2.42 bits per heavy atom. The number of carbonyl (C=O) groups excluding carboxylic acids is 1. The van der Waals surface area contributed by atoms with E-state index in [9.17, 15) is 4.79 Å². The van der Waals surface area contributed by atoms with Crippen molar-refractivity contribution in [3.05, 3.63) is 35.8 Å². The van der Waals surface area contributed by atoms with E-state index in [-0.39, 0.29) is 11.7 Å². The zero-order valence-corrected chi connectivity index (χ0v) is 10.4. The first kappa shape index (κ1) is 11.6. The van der Waals surface area contributed by atoms with Gasteiger partial charge in [0.05, 0.1) is 18.8 Å². The van der Waals surface area contributed by atoms with E-state index in [1.54, 1.807) is 10.9 Å². The van der Waals surface area contributed by atoms with Gasteiger partial charge in [-0.3, -0.25) is 4.98 Å². The SMILES string of the molecule is COC(=O)c1nnn2c1NCCC2c1ccccn1. The van der Waals surface area contributed by atoms with Crippen LogP contribution in [0, 0.1) is 0 Å². The molecule has 1 aliphatic heterocycles. The Morgan fingerprint density at radius 1 is 1.53 bits per heavy atom. The molecule has 98 valence electrons. The average Bonchev–Trinajstić information content (AvgIpc) is 2.91.